The zero-order chi connectivity index (χ0) is 21.4. The van der Waals surface area contributed by atoms with Gasteiger partial charge in [0.1, 0.15) is 0 Å². The molecule has 0 fully saturated rings. The van der Waals surface area contributed by atoms with Gasteiger partial charge in [0.15, 0.2) is 0 Å². The van der Waals surface area contributed by atoms with Crippen LogP contribution in [0.3, 0.4) is 0 Å². The molecule has 0 aromatic carbocycles. The van der Waals surface area contributed by atoms with Crippen molar-refractivity contribution in [1.82, 2.24) is 0 Å². The lowest BCUT2D eigenvalue weighted by molar-refractivity contribution is -0.0932. The minimum Gasteiger partial charge on any atom is -0.394 e. The predicted molar refractivity (Wildman–Crippen MR) is 112 cm³/mol. The monoisotopic (exact) mass is 376 g/mol. The maximum atomic E-state index is 9.62. The van der Waals surface area contributed by atoms with E-state index in [4.69, 9.17) is 14.6 Å². The molecule has 160 valence electrons. The fourth-order valence-corrected chi connectivity index (χ4v) is 2.44. The first-order chi connectivity index (χ1) is 11.2. The van der Waals surface area contributed by atoms with Gasteiger partial charge in [-0.1, -0.05) is 41.5 Å². The summed E-state index contributed by atoms with van der Waals surface area (Å²) in [6.07, 6.45) is 1.28. The van der Waals surface area contributed by atoms with Gasteiger partial charge in [-0.15, -0.1) is 0 Å². The van der Waals surface area contributed by atoms with Crippen LogP contribution in [0.2, 0.25) is 0 Å². The summed E-state index contributed by atoms with van der Waals surface area (Å²) in [5.74, 6) is 0. The van der Waals surface area contributed by atoms with Crippen LogP contribution in [-0.4, -0.2) is 46.8 Å². The normalized spacial score (nSPS) is 15.9. The Labute approximate surface area is 163 Å². The van der Waals surface area contributed by atoms with Gasteiger partial charge in [0.25, 0.3) is 0 Å². The first kappa shape index (κ1) is 28.1. The number of ether oxygens (including phenoxy) is 2. The lowest BCUT2D eigenvalue weighted by atomic mass is 9.89. The van der Waals surface area contributed by atoms with E-state index < -0.39 is 0 Å². The number of rotatable bonds is 6. The molecule has 0 aliphatic carbocycles. The van der Waals surface area contributed by atoms with E-state index in [2.05, 4.69) is 41.5 Å². The van der Waals surface area contributed by atoms with Crippen LogP contribution >= 0.6 is 0 Å². The van der Waals surface area contributed by atoms with E-state index in [1.807, 2.05) is 41.5 Å². The summed E-state index contributed by atoms with van der Waals surface area (Å²) < 4.78 is 11.2. The summed E-state index contributed by atoms with van der Waals surface area (Å²) in [4.78, 5) is 0. The highest BCUT2D eigenvalue weighted by Gasteiger charge is 2.23. The second-order valence-electron chi connectivity index (χ2n) is 11.6. The summed E-state index contributed by atoms with van der Waals surface area (Å²) in [6.45, 7) is 25.4. The number of aliphatic hydroxyl groups excluding tert-OH is 2. The Morgan fingerprint density at radius 2 is 1.12 bits per heavy atom. The molecule has 0 saturated heterocycles. The maximum Gasteiger partial charge on any atom is 0.0817 e. The third kappa shape index (κ3) is 23.8. The summed E-state index contributed by atoms with van der Waals surface area (Å²) in [5, 5.41) is 18.8. The van der Waals surface area contributed by atoms with Crippen molar-refractivity contribution in [2.24, 2.45) is 10.8 Å². The summed E-state index contributed by atoms with van der Waals surface area (Å²) >= 11 is 0. The van der Waals surface area contributed by atoms with E-state index in [0.717, 1.165) is 12.8 Å². The van der Waals surface area contributed by atoms with Gasteiger partial charge < -0.3 is 19.7 Å². The molecule has 0 rings (SSSR count). The van der Waals surface area contributed by atoms with Gasteiger partial charge in [-0.3, -0.25) is 0 Å². The summed E-state index contributed by atoms with van der Waals surface area (Å²) in [6, 6.07) is 0. The Morgan fingerprint density at radius 1 is 0.692 bits per heavy atom. The molecule has 0 amide bonds. The molecule has 2 unspecified atom stereocenters. The molecule has 4 nitrogen and oxygen atoms in total. The van der Waals surface area contributed by atoms with Crippen LogP contribution in [0.4, 0.5) is 0 Å². The van der Waals surface area contributed by atoms with Crippen LogP contribution < -0.4 is 0 Å². The molecular weight excluding hydrogens is 328 g/mol. The molecule has 0 aliphatic rings. The first-order valence-electron chi connectivity index (χ1n) is 9.85. The summed E-state index contributed by atoms with van der Waals surface area (Å²) in [7, 11) is 0. The van der Waals surface area contributed by atoms with Crippen LogP contribution in [0.25, 0.3) is 0 Å². The Kier molecular flexibility index (Phi) is 11.9. The van der Waals surface area contributed by atoms with E-state index in [0.29, 0.717) is 6.61 Å². The average molecular weight is 377 g/mol. The maximum absolute atomic E-state index is 9.62. The quantitative estimate of drug-likeness (QED) is 0.669. The minimum atomic E-state index is -0.348. The molecule has 26 heavy (non-hydrogen) atoms. The van der Waals surface area contributed by atoms with E-state index in [9.17, 15) is 5.11 Å². The molecular formula is C22H48O4. The van der Waals surface area contributed by atoms with Crippen molar-refractivity contribution < 1.29 is 19.7 Å². The SMILES string of the molecule is CC(C)(C)CC(CO)OC(C)(C)C.CC(C)(C)CC(O)COC(C)(C)C. The topological polar surface area (TPSA) is 58.9 Å². The smallest absolute Gasteiger partial charge is 0.0817 e. The number of hydrogen-bond donors (Lipinski definition) is 2. The minimum absolute atomic E-state index is 0.0417. The molecule has 2 atom stereocenters. The van der Waals surface area contributed by atoms with Gasteiger partial charge in [0, 0.05) is 0 Å². The van der Waals surface area contributed by atoms with Gasteiger partial charge >= 0.3 is 0 Å². The van der Waals surface area contributed by atoms with Crippen LogP contribution in [0.5, 0.6) is 0 Å². The van der Waals surface area contributed by atoms with E-state index >= 15 is 0 Å². The second kappa shape index (κ2) is 11.0. The molecule has 0 aromatic heterocycles. The zero-order valence-corrected chi connectivity index (χ0v) is 19.7. The highest BCUT2D eigenvalue weighted by molar-refractivity contribution is 4.72. The fourth-order valence-electron chi connectivity index (χ4n) is 2.44. The third-order valence-corrected chi connectivity index (χ3v) is 3.12. The van der Waals surface area contributed by atoms with Gasteiger partial charge in [-0.25, -0.2) is 0 Å². The largest absolute Gasteiger partial charge is 0.394 e. The molecule has 4 heteroatoms. The second-order valence-corrected chi connectivity index (χ2v) is 11.6. The van der Waals surface area contributed by atoms with E-state index in [1.54, 1.807) is 0 Å². The van der Waals surface area contributed by atoms with Crippen molar-refractivity contribution in [3.63, 3.8) is 0 Å². The molecule has 2 N–H and O–H groups in total. The lowest BCUT2D eigenvalue weighted by Crippen LogP contribution is -2.32. The van der Waals surface area contributed by atoms with Gasteiger partial charge in [-0.2, -0.15) is 0 Å². The van der Waals surface area contributed by atoms with Crippen LogP contribution in [0, 0.1) is 10.8 Å². The molecule has 0 bridgehead atoms. The van der Waals surface area contributed by atoms with Crippen molar-refractivity contribution in [3.8, 4) is 0 Å². The molecule has 0 aliphatic heterocycles. The third-order valence-electron chi connectivity index (χ3n) is 3.12. The Balaban J connectivity index is 0. The van der Waals surface area contributed by atoms with Crippen LogP contribution in [0.1, 0.15) is 95.9 Å². The van der Waals surface area contributed by atoms with Crippen molar-refractivity contribution in [3.05, 3.63) is 0 Å². The Hall–Kier alpha value is -0.160. The zero-order valence-electron chi connectivity index (χ0n) is 19.7. The lowest BCUT2D eigenvalue weighted by Gasteiger charge is -2.30. The van der Waals surface area contributed by atoms with E-state index in [-0.39, 0.29) is 40.8 Å². The Bertz CT molecular complexity index is 334. The van der Waals surface area contributed by atoms with Crippen LogP contribution in [-0.2, 0) is 9.47 Å². The standard InChI is InChI=1S/2C11H24O2/c1-10(2,3)7-9(12)8-13-11(4,5)6;1-10(2,3)7-9(8-12)13-11(4,5)6/h2*9,12H,7-8H2,1-6H3. The van der Waals surface area contributed by atoms with Gasteiger partial charge in [0.05, 0.1) is 36.6 Å². The number of aliphatic hydroxyl groups is 2. The van der Waals surface area contributed by atoms with Crippen molar-refractivity contribution in [2.45, 2.75) is 119 Å². The van der Waals surface area contributed by atoms with E-state index in [1.165, 1.54) is 0 Å². The van der Waals surface area contributed by atoms with Crippen LogP contribution in [0.15, 0.2) is 0 Å². The van der Waals surface area contributed by atoms with Crippen molar-refractivity contribution >= 4 is 0 Å². The average Bonchev–Trinajstić information content (AvgIpc) is 2.30. The molecule has 0 radical (unpaired) electrons. The highest BCUT2D eigenvalue weighted by Crippen LogP contribution is 2.25. The molecule has 0 heterocycles. The summed E-state index contributed by atoms with van der Waals surface area (Å²) in [5.41, 5.74) is 0.0524. The van der Waals surface area contributed by atoms with Gasteiger partial charge in [-0.05, 0) is 65.2 Å². The molecule has 0 aromatic rings. The van der Waals surface area contributed by atoms with Gasteiger partial charge in [0.2, 0.25) is 0 Å². The molecule has 0 spiro atoms. The first-order valence-corrected chi connectivity index (χ1v) is 9.85. The van der Waals surface area contributed by atoms with Crippen molar-refractivity contribution in [2.75, 3.05) is 13.2 Å². The predicted octanol–water partition coefficient (Wildman–Crippen LogP) is 5.20. The van der Waals surface area contributed by atoms with Crippen molar-refractivity contribution in [1.29, 1.82) is 0 Å². The highest BCUT2D eigenvalue weighted by atomic mass is 16.5. The number of hydrogen-bond acceptors (Lipinski definition) is 4. The Morgan fingerprint density at radius 3 is 1.38 bits per heavy atom. The fraction of sp³-hybridized carbons (Fsp3) is 1.00. The molecule has 0 saturated carbocycles.